The van der Waals surface area contributed by atoms with Gasteiger partial charge in [-0.15, -0.1) is 0 Å². The van der Waals surface area contributed by atoms with Crippen LogP contribution in [-0.2, 0) is 11.3 Å². The topological polar surface area (TPSA) is 66.9 Å². The molecule has 0 unspecified atom stereocenters. The van der Waals surface area contributed by atoms with Crippen LogP contribution >= 0.6 is 0 Å². The Kier molecular flexibility index (Phi) is 8.38. The zero-order valence-corrected chi connectivity index (χ0v) is 18.3. The molecule has 32 heavy (non-hydrogen) atoms. The van der Waals surface area contributed by atoms with Crippen LogP contribution in [-0.4, -0.2) is 62.2 Å². The molecule has 1 aliphatic heterocycles. The third-order valence-corrected chi connectivity index (χ3v) is 5.25. The number of hydrogen-bond donors (Lipinski definition) is 1. The van der Waals surface area contributed by atoms with Crippen LogP contribution < -0.4 is 19.7 Å². The molecule has 172 valence electrons. The Morgan fingerprint density at radius 1 is 1.19 bits per heavy atom. The number of alkyl halides is 2. The lowest BCUT2D eigenvalue weighted by Gasteiger charge is -2.34. The lowest BCUT2D eigenvalue weighted by atomic mass is 10.2. The summed E-state index contributed by atoms with van der Waals surface area (Å²) in [5.74, 6) is 0.767. The van der Waals surface area contributed by atoms with Crippen molar-refractivity contribution in [3.05, 3.63) is 53.7 Å². The van der Waals surface area contributed by atoms with Gasteiger partial charge in [-0.05, 0) is 41.9 Å². The fraction of sp³-hybridized carbons (Fsp3) is 0.391. The van der Waals surface area contributed by atoms with Crippen LogP contribution in [0.5, 0.6) is 11.5 Å². The van der Waals surface area contributed by atoms with Gasteiger partial charge in [-0.3, -0.25) is 4.79 Å². The highest BCUT2D eigenvalue weighted by atomic mass is 19.3. The molecule has 1 fully saturated rings. The molecule has 2 aromatic rings. The van der Waals surface area contributed by atoms with Crippen molar-refractivity contribution < 1.29 is 23.0 Å². The average molecular weight is 446 g/mol. The number of carbonyl (C=O) groups excluding carboxylic acids is 1. The van der Waals surface area contributed by atoms with Gasteiger partial charge in [0.2, 0.25) is 5.91 Å². The van der Waals surface area contributed by atoms with Gasteiger partial charge in [0, 0.05) is 45.0 Å². The summed E-state index contributed by atoms with van der Waals surface area (Å²) in [7, 11) is 1.36. The molecule has 2 heterocycles. The van der Waals surface area contributed by atoms with Crippen LogP contribution in [0.3, 0.4) is 0 Å². The number of anilines is 1. The number of carbonyl (C=O) groups is 1. The van der Waals surface area contributed by atoms with E-state index in [1.807, 2.05) is 12.1 Å². The van der Waals surface area contributed by atoms with E-state index >= 15 is 0 Å². The van der Waals surface area contributed by atoms with Crippen molar-refractivity contribution in [2.24, 2.45) is 0 Å². The van der Waals surface area contributed by atoms with Crippen molar-refractivity contribution in [2.45, 2.75) is 20.1 Å². The van der Waals surface area contributed by atoms with E-state index in [1.54, 1.807) is 18.3 Å². The molecule has 0 radical (unpaired) electrons. The first-order valence-electron chi connectivity index (χ1n) is 10.5. The minimum Gasteiger partial charge on any atom is -0.493 e. The maximum Gasteiger partial charge on any atom is 0.387 e. The smallest absolute Gasteiger partial charge is 0.387 e. The second kappa shape index (κ2) is 11.4. The Morgan fingerprint density at radius 2 is 1.97 bits per heavy atom. The zero-order chi connectivity index (χ0) is 22.9. The molecule has 1 aromatic carbocycles. The molecule has 9 heteroatoms. The minimum absolute atomic E-state index is 0.0627. The Bertz CT molecular complexity index is 914. The quantitative estimate of drug-likeness (QED) is 0.597. The molecule has 0 atom stereocenters. The summed E-state index contributed by atoms with van der Waals surface area (Å²) in [6.45, 7) is 4.65. The number of pyridine rings is 1. The number of piperazine rings is 1. The second-order valence-corrected chi connectivity index (χ2v) is 7.29. The van der Waals surface area contributed by atoms with Crippen molar-refractivity contribution in [3.8, 4) is 11.5 Å². The highest BCUT2D eigenvalue weighted by Gasteiger charge is 2.16. The van der Waals surface area contributed by atoms with E-state index in [-0.39, 0.29) is 17.4 Å². The molecule has 0 spiro atoms. The van der Waals surface area contributed by atoms with Gasteiger partial charge in [-0.1, -0.05) is 19.1 Å². The van der Waals surface area contributed by atoms with Crippen molar-refractivity contribution in [1.82, 2.24) is 15.2 Å². The Labute approximate surface area is 186 Å². The number of benzene rings is 1. The molecule has 1 aliphatic rings. The molecule has 1 amide bonds. The van der Waals surface area contributed by atoms with E-state index in [2.05, 4.69) is 31.8 Å². The highest BCUT2D eigenvalue weighted by molar-refractivity contribution is 5.91. The molecule has 1 N–H and O–H groups in total. The fourth-order valence-corrected chi connectivity index (χ4v) is 3.40. The van der Waals surface area contributed by atoms with Gasteiger partial charge in [0.25, 0.3) is 0 Å². The summed E-state index contributed by atoms with van der Waals surface area (Å²) in [5.41, 5.74) is 1.52. The molecular formula is C23H28F2N4O3. The summed E-state index contributed by atoms with van der Waals surface area (Å²) in [5, 5.41) is 2.81. The van der Waals surface area contributed by atoms with E-state index in [9.17, 15) is 13.6 Å². The minimum atomic E-state index is -2.94. The summed E-state index contributed by atoms with van der Waals surface area (Å²) >= 11 is 0. The van der Waals surface area contributed by atoms with Gasteiger partial charge in [-0.2, -0.15) is 8.78 Å². The standard InChI is InChI=1S/C23H28F2N4O3/c1-3-28-10-12-29(13-11-28)21-8-5-18(15-26-21)16-27-22(30)9-6-17-4-7-19(32-23(24)25)20(14-17)31-2/h4-9,14-15,23H,3,10-13,16H2,1-2H3,(H,27,30). The molecule has 0 aliphatic carbocycles. The second-order valence-electron chi connectivity index (χ2n) is 7.29. The number of hydrogen-bond acceptors (Lipinski definition) is 6. The first kappa shape index (κ1) is 23.5. The maximum atomic E-state index is 12.4. The fourth-order valence-electron chi connectivity index (χ4n) is 3.40. The average Bonchev–Trinajstić information content (AvgIpc) is 2.82. The van der Waals surface area contributed by atoms with Gasteiger partial charge in [0.15, 0.2) is 11.5 Å². The number of nitrogens with one attached hydrogen (secondary N) is 1. The van der Waals surface area contributed by atoms with Crippen molar-refractivity contribution >= 4 is 17.8 Å². The highest BCUT2D eigenvalue weighted by Crippen LogP contribution is 2.29. The monoisotopic (exact) mass is 446 g/mol. The van der Waals surface area contributed by atoms with Gasteiger partial charge >= 0.3 is 6.61 Å². The van der Waals surface area contributed by atoms with E-state index in [0.717, 1.165) is 44.1 Å². The molecule has 0 saturated carbocycles. The van der Waals surface area contributed by atoms with Crippen molar-refractivity contribution in [2.75, 3.05) is 44.7 Å². The van der Waals surface area contributed by atoms with Gasteiger partial charge in [0.1, 0.15) is 5.82 Å². The number of aromatic nitrogens is 1. The van der Waals surface area contributed by atoms with Crippen molar-refractivity contribution in [3.63, 3.8) is 0 Å². The van der Waals surface area contributed by atoms with Crippen LogP contribution in [0.25, 0.3) is 6.08 Å². The SMILES string of the molecule is CCN1CCN(c2ccc(CNC(=O)C=Cc3ccc(OC(F)F)c(OC)c3)cn2)CC1. The van der Waals surface area contributed by atoms with Crippen LogP contribution in [0.4, 0.5) is 14.6 Å². The number of rotatable bonds is 9. The summed E-state index contributed by atoms with van der Waals surface area (Å²) in [6, 6.07) is 8.40. The molecule has 1 saturated heterocycles. The third-order valence-electron chi connectivity index (χ3n) is 5.25. The van der Waals surface area contributed by atoms with Crippen LogP contribution in [0, 0.1) is 0 Å². The Balaban J connectivity index is 1.50. The third kappa shape index (κ3) is 6.65. The predicted octanol–water partition coefficient (Wildman–Crippen LogP) is 3.16. The van der Waals surface area contributed by atoms with Crippen LogP contribution in [0.15, 0.2) is 42.6 Å². The number of nitrogens with zero attached hydrogens (tertiary/aromatic N) is 3. The Hall–Kier alpha value is -3.20. The molecular weight excluding hydrogens is 418 g/mol. The molecule has 0 bridgehead atoms. The lowest BCUT2D eigenvalue weighted by Crippen LogP contribution is -2.46. The van der Waals surface area contributed by atoms with E-state index in [0.29, 0.717) is 12.1 Å². The maximum absolute atomic E-state index is 12.4. The number of amides is 1. The number of methoxy groups -OCH3 is 1. The summed E-state index contributed by atoms with van der Waals surface area (Å²) < 4.78 is 34.3. The molecule has 7 nitrogen and oxygen atoms in total. The molecule has 3 rings (SSSR count). The first-order valence-corrected chi connectivity index (χ1v) is 10.5. The van der Waals surface area contributed by atoms with E-state index < -0.39 is 6.61 Å². The summed E-state index contributed by atoms with van der Waals surface area (Å²) in [6.07, 6.45) is 4.72. The van der Waals surface area contributed by atoms with Crippen LogP contribution in [0.2, 0.25) is 0 Å². The van der Waals surface area contributed by atoms with Crippen molar-refractivity contribution in [1.29, 1.82) is 0 Å². The lowest BCUT2D eigenvalue weighted by molar-refractivity contribution is -0.116. The summed E-state index contributed by atoms with van der Waals surface area (Å²) in [4.78, 5) is 21.4. The number of likely N-dealkylation sites (N-methyl/N-ethyl adjacent to an activating group) is 1. The zero-order valence-electron chi connectivity index (χ0n) is 18.3. The molecule has 1 aromatic heterocycles. The van der Waals surface area contributed by atoms with E-state index in [1.165, 1.54) is 25.3 Å². The van der Waals surface area contributed by atoms with Gasteiger partial charge in [-0.25, -0.2) is 4.98 Å². The number of halogens is 2. The first-order chi connectivity index (χ1) is 15.5. The van der Waals surface area contributed by atoms with Crippen LogP contribution in [0.1, 0.15) is 18.1 Å². The van der Waals surface area contributed by atoms with Gasteiger partial charge < -0.3 is 24.6 Å². The predicted molar refractivity (Wildman–Crippen MR) is 119 cm³/mol. The largest absolute Gasteiger partial charge is 0.493 e. The Morgan fingerprint density at radius 3 is 2.59 bits per heavy atom. The van der Waals surface area contributed by atoms with Gasteiger partial charge in [0.05, 0.1) is 7.11 Å². The number of ether oxygens (including phenoxy) is 2. The normalized spacial score (nSPS) is 14.7. The van der Waals surface area contributed by atoms with E-state index in [4.69, 9.17) is 4.74 Å².